The molecular formula is C27H27ClN10O2. The molecule has 3 aromatic heterocycles. The number of hydrogen-bond acceptors (Lipinski definition) is 8. The highest BCUT2D eigenvalue weighted by molar-refractivity contribution is 6.32. The van der Waals surface area contributed by atoms with E-state index in [9.17, 15) is 9.59 Å². The molecule has 6 rings (SSSR count). The van der Waals surface area contributed by atoms with Crippen LogP contribution < -0.4 is 21.3 Å². The second-order valence-electron chi connectivity index (χ2n) is 9.80. The molecule has 0 spiro atoms. The van der Waals surface area contributed by atoms with Gasteiger partial charge in [0.15, 0.2) is 5.82 Å². The number of amides is 3. The number of rotatable bonds is 3. The number of fused-ring (bicyclic) bond motifs is 6. The average Bonchev–Trinajstić information content (AvgIpc) is 3.59. The molecule has 0 unspecified atom stereocenters. The summed E-state index contributed by atoms with van der Waals surface area (Å²) >= 11 is 6.36. The quantitative estimate of drug-likeness (QED) is 0.297. The summed E-state index contributed by atoms with van der Waals surface area (Å²) in [5.74, 6) is 0.717. The number of hydrogen-bond donors (Lipinski definition) is 4. The summed E-state index contributed by atoms with van der Waals surface area (Å²) in [5, 5.41) is 17.0. The predicted molar refractivity (Wildman–Crippen MR) is 151 cm³/mol. The van der Waals surface area contributed by atoms with Crippen LogP contribution in [0.25, 0.3) is 0 Å². The van der Waals surface area contributed by atoms with Crippen LogP contribution in [0.3, 0.4) is 0 Å². The number of nitrogens with zero attached hydrogens (tertiary/aromatic N) is 6. The van der Waals surface area contributed by atoms with Crippen LogP contribution in [0.1, 0.15) is 28.0 Å². The van der Waals surface area contributed by atoms with Gasteiger partial charge in [0.25, 0.3) is 5.91 Å². The third kappa shape index (κ3) is 5.66. The molecule has 5 heterocycles. The molecule has 1 atom stereocenters. The van der Waals surface area contributed by atoms with Crippen LogP contribution in [0.5, 0.6) is 0 Å². The van der Waals surface area contributed by atoms with Crippen molar-refractivity contribution in [2.45, 2.75) is 25.3 Å². The molecule has 1 aromatic carbocycles. The maximum Gasteiger partial charge on any atom is 0.319 e. The van der Waals surface area contributed by atoms with Gasteiger partial charge < -0.3 is 26.2 Å². The molecule has 2 aliphatic rings. The monoisotopic (exact) mass is 558 g/mol. The highest BCUT2D eigenvalue weighted by atomic mass is 35.5. The molecule has 2 aliphatic heterocycles. The van der Waals surface area contributed by atoms with Crippen LogP contribution >= 0.6 is 11.6 Å². The molecule has 13 heteroatoms. The van der Waals surface area contributed by atoms with E-state index in [0.717, 1.165) is 22.5 Å². The Morgan fingerprint density at radius 2 is 1.98 bits per heavy atom. The number of urea groups is 1. The van der Waals surface area contributed by atoms with Crippen molar-refractivity contribution >= 4 is 52.4 Å². The number of anilines is 5. The highest BCUT2D eigenvalue weighted by Gasteiger charge is 2.29. The summed E-state index contributed by atoms with van der Waals surface area (Å²) in [7, 11) is 1.77. The normalized spacial score (nSPS) is 16.1. The Hall–Kier alpha value is -4.71. The lowest BCUT2D eigenvalue weighted by atomic mass is 10.0. The Morgan fingerprint density at radius 1 is 1.07 bits per heavy atom. The van der Waals surface area contributed by atoms with E-state index in [4.69, 9.17) is 11.6 Å². The first-order valence-electron chi connectivity index (χ1n) is 12.9. The maximum absolute atomic E-state index is 13.0. The summed E-state index contributed by atoms with van der Waals surface area (Å²) in [6.45, 7) is 0.985. The van der Waals surface area contributed by atoms with Crippen LogP contribution in [-0.2, 0) is 19.9 Å². The zero-order valence-corrected chi connectivity index (χ0v) is 22.4. The van der Waals surface area contributed by atoms with Crippen molar-refractivity contribution in [1.82, 2.24) is 34.9 Å². The summed E-state index contributed by atoms with van der Waals surface area (Å²) in [6.07, 6.45) is 8.82. The third-order valence-corrected chi connectivity index (χ3v) is 7.11. The molecule has 4 N–H and O–H groups in total. The second-order valence-corrected chi connectivity index (χ2v) is 10.2. The zero-order chi connectivity index (χ0) is 27.6. The molecule has 0 saturated carbocycles. The minimum Gasteiger partial charge on any atom is -0.339 e. The molecule has 0 radical (unpaired) electrons. The topological polar surface area (TPSA) is 142 Å². The number of halogens is 1. The van der Waals surface area contributed by atoms with Crippen molar-refractivity contribution in [3.8, 4) is 0 Å². The van der Waals surface area contributed by atoms with Gasteiger partial charge in [0, 0.05) is 49.9 Å². The number of likely N-dealkylation sites (tertiary alicyclic amines) is 1. The second kappa shape index (κ2) is 10.8. The van der Waals surface area contributed by atoms with Crippen LogP contribution in [0.4, 0.5) is 33.6 Å². The number of carbonyl (C=O) groups excluding carboxylic acids is 2. The fourth-order valence-electron chi connectivity index (χ4n) is 4.85. The maximum atomic E-state index is 13.0. The first-order chi connectivity index (χ1) is 19.4. The molecule has 1 saturated heterocycles. The van der Waals surface area contributed by atoms with Gasteiger partial charge in [0.2, 0.25) is 5.95 Å². The van der Waals surface area contributed by atoms with E-state index in [-0.39, 0.29) is 18.0 Å². The molecular weight excluding hydrogens is 532 g/mol. The van der Waals surface area contributed by atoms with Crippen molar-refractivity contribution in [2.75, 3.05) is 29.0 Å². The number of pyridine rings is 1. The lowest BCUT2D eigenvalue weighted by Gasteiger charge is -2.18. The molecule has 12 nitrogen and oxygen atoms in total. The fourth-order valence-corrected chi connectivity index (χ4v) is 4.99. The first kappa shape index (κ1) is 25.6. The zero-order valence-electron chi connectivity index (χ0n) is 21.7. The average molecular weight is 559 g/mol. The van der Waals surface area contributed by atoms with Gasteiger partial charge >= 0.3 is 6.03 Å². The van der Waals surface area contributed by atoms with E-state index in [1.54, 1.807) is 35.1 Å². The summed E-state index contributed by atoms with van der Waals surface area (Å²) < 4.78 is 1.60. The van der Waals surface area contributed by atoms with Gasteiger partial charge in [-0.2, -0.15) is 10.1 Å². The first-order valence-corrected chi connectivity index (χ1v) is 13.3. The van der Waals surface area contributed by atoms with Gasteiger partial charge in [0.05, 0.1) is 18.1 Å². The van der Waals surface area contributed by atoms with Crippen molar-refractivity contribution in [1.29, 1.82) is 0 Å². The van der Waals surface area contributed by atoms with E-state index in [0.29, 0.717) is 60.5 Å². The van der Waals surface area contributed by atoms with Crippen molar-refractivity contribution in [3.63, 3.8) is 0 Å². The summed E-state index contributed by atoms with van der Waals surface area (Å²) in [4.78, 5) is 40.5. The molecule has 4 aromatic rings. The number of nitrogens with one attached hydrogen (secondary N) is 4. The summed E-state index contributed by atoms with van der Waals surface area (Å²) in [6, 6.07) is 8.89. The Morgan fingerprint density at radius 3 is 2.83 bits per heavy atom. The van der Waals surface area contributed by atoms with Crippen molar-refractivity contribution in [3.05, 3.63) is 77.0 Å². The fraction of sp³-hybridized carbons (Fsp3) is 0.259. The van der Waals surface area contributed by atoms with Gasteiger partial charge in [-0.1, -0.05) is 11.6 Å². The lowest BCUT2D eigenvalue weighted by Crippen LogP contribution is -2.40. The molecule has 6 bridgehead atoms. The molecule has 40 heavy (non-hydrogen) atoms. The van der Waals surface area contributed by atoms with Gasteiger partial charge in [-0.05, 0) is 60.7 Å². The minimum atomic E-state index is -0.326. The molecule has 0 aliphatic carbocycles. The molecule has 1 fully saturated rings. The molecule has 204 valence electrons. The van der Waals surface area contributed by atoms with Gasteiger partial charge in [-0.15, -0.1) is 0 Å². The predicted octanol–water partition coefficient (Wildman–Crippen LogP) is 3.88. The van der Waals surface area contributed by atoms with Crippen molar-refractivity contribution in [2.24, 2.45) is 7.05 Å². The third-order valence-electron chi connectivity index (χ3n) is 6.84. The summed E-state index contributed by atoms with van der Waals surface area (Å²) in [5.41, 5.74) is 4.58. The number of aryl methyl sites for hydroxylation is 3. The standard InChI is InChI=1S/C27H27ClN10O2/c1-37-8-7-23(36-37)25(39)38-9-6-19(15-38)33-27(40)34-22-5-4-18-11-17(22)3-2-16-10-20(13-29-12-16)32-26-30-14-21(28)24(31-18)35-26/h4-5,7-8,10-14,19H,2-3,6,9,15H2,1H3,(H2,33,34,40)(H2,30,31,32,35)/t19-/m0/s1. The van der Waals surface area contributed by atoms with E-state index in [2.05, 4.69) is 41.3 Å². The van der Waals surface area contributed by atoms with Crippen molar-refractivity contribution < 1.29 is 9.59 Å². The van der Waals surface area contributed by atoms with E-state index in [1.807, 2.05) is 30.5 Å². The Kier molecular flexibility index (Phi) is 6.91. The van der Waals surface area contributed by atoms with Crippen LogP contribution in [0, 0.1) is 0 Å². The van der Waals surface area contributed by atoms with Gasteiger partial charge in [-0.25, -0.2) is 9.78 Å². The smallest absolute Gasteiger partial charge is 0.319 e. The lowest BCUT2D eigenvalue weighted by molar-refractivity contribution is 0.0783. The van der Waals surface area contributed by atoms with Gasteiger partial charge in [-0.3, -0.25) is 14.5 Å². The van der Waals surface area contributed by atoms with Crippen LogP contribution in [0.15, 0.2) is 55.1 Å². The van der Waals surface area contributed by atoms with E-state index in [1.165, 1.54) is 6.20 Å². The Balaban J connectivity index is 1.18. The largest absolute Gasteiger partial charge is 0.339 e. The number of aromatic nitrogens is 5. The van der Waals surface area contributed by atoms with E-state index < -0.39 is 0 Å². The molecule has 3 amide bonds. The number of benzene rings is 1. The Labute approximate surface area is 235 Å². The van der Waals surface area contributed by atoms with Gasteiger partial charge in [0.1, 0.15) is 10.7 Å². The van der Waals surface area contributed by atoms with Crippen LogP contribution in [0.2, 0.25) is 5.02 Å². The highest BCUT2D eigenvalue weighted by Crippen LogP contribution is 2.29. The number of carbonyl (C=O) groups is 2. The van der Waals surface area contributed by atoms with Crippen LogP contribution in [-0.4, -0.2) is 60.7 Å². The van der Waals surface area contributed by atoms with E-state index >= 15 is 0 Å². The minimum absolute atomic E-state index is 0.135. The Bertz CT molecular complexity index is 1590. The SMILES string of the molecule is Cn1ccc(C(=O)N2CC[C@H](NC(=O)Nc3ccc4cc3CCc3cncc(c3)Nc3ncc(Cl)c(n3)N4)C2)n1.